The molecule has 6 heteroatoms. The molecule has 4 N–H and O–H groups in total. The lowest BCUT2D eigenvalue weighted by Gasteiger charge is -2.45. The van der Waals surface area contributed by atoms with Crippen LogP contribution in [-0.4, -0.2) is 33.2 Å². The molecule has 0 bridgehead atoms. The minimum absolute atomic E-state index is 0.346. The number of aliphatic hydroxyl groups is 2. The van der Waals surface area contributed by atoms with Gasteiger partial charge >= 0.3 is 0 Å². The Bertz CT molecular complexity index is 931. The first-order valence-electron chi connectivity index (χ1n) is 12.0. The summed E-state index contributed by atoms with van der Waals surface area (Å²) in [7, 11) is 0. The molecule has 5 rings (SSSR count). The van der Waals surface area contributed by atoms with Crippen molar-refractivity contribution in [2.75, 3.05) is 0 Å². The smallest absolute Gasteiger partial charge is 0.236 e. The van der Waals surface area contributed by atoms with E-state index in [9.17, 15) is 19.8 Å². The van der Waals surface area contributed by atoms with Crippen LogP contribution in [0.25, 0.3) is 0 Å². The molecule has 6 nitrogen and oxygen atoms in total. The largest absolute Gasteiger partial charge is 0.387 e. The van der Waals surface area contributed by atoms with Crippen LogP contribution in [0.3, 0.4) is 0 Å². The number of hydrogen-bond acceptors (Lipinski definition) is 4. The third-order valence-electron chi connectivity index (χ3n) is 7.95. The maximum Gasteiger partial charge on any atom is 0.236 e. The summed E-state index contributed by atoms with van der Waals surface area (Å²) in [6, 6.07) is 17.9. The van der Waals surface area contributed by atoms with Gasteiger partial charge in [-0.2, -0.15) is 0 Å². The number of carbonyl (C=O) groups excluding carboxylic acids is 2. The summed E-state index contributed by atoms with van der Waals surface area (Å²) in [5.41, 5.74) is -1.44. The monoisotopic (exact) mass is 448 g/mol. The van der Waals surface area contributed by atoms with Gasteiger partial charge in [-0.1, -0.05) is 60.7 Å². The van der Waals surface area contributed by atoms with E-state index >= 15 is 0 Å². The normalized spacial score (nSPS) is 23.2. The fourth-order valence-electron chi connectivity index (χ4n) is 5.22. The van der Waals surface area contributed by atoms with Crippen molar-refractivity contribution in [3.63, 3.8) is 0 Å². The van der Waals surface area contributed by atoms with Crippen LogP contribution in [0.2, 0.25) is 0 Å². The highest BCUT2D eigenvalue weighted by Crippen LogP contribution is 2.50. The Morgan fingerprint density at radius 2 is 1.00 bits per heavy atom. The third-order valence-corrected chi connectivity index (χ3v) is 7.95. The molecule has 0 aliphatic heterocycles. The van der Waals surface area contributed by atoms with Gasteiger partial charge in [-0.05, 0) is 62.5 Å². The van der Waals surface area contributed by atoms with Crippen LogP contribution in [0.15, 0.2) is 60.7 Å². The number of benzene rings is 2. The minimum Gasteiger partial charge on any atom is -0.387 e. The van der Waals surface area contributed by atoms with Gasteiger partial charge in [0, 0.05) is 0 Å². The first-order chi connectivity index (χ1) is 15.9. The molecule has 0 aromatic heterocycles. The van der Waals surface area contributed by atoms with Gasteiger partial charge in [-0.3, -0.25) is 9.59 Å². The highest BCUT2D eigenvalue weighted by molar-refractivity contribution is 6.08. The Morgan fingerprint density at radius 1 is 0.636 bits per heavy atom. The molecule has 0 radical (unpaired) electrons. The van der Waals surface area contributed by atoms with Gasteiger partial charge in [-0.15, -0.1) is 0 Å². The summed E-state index contributed by atoms with van der Waals surface area (Å²) >= 11 is 0. The van der Waals surface area contributed by atoms with Crippen LogP contribution in [0.4, 0.5) is 0 Å². The molecule has 2 atom stereocenters. The van der Waals surface area contributed by atoms with E-state index in [0.29, 0.717) is 38.5 Å². The topological polar surface area (TPSA) is 98.7 Å². The Morgan fingerprint density at radius 3 is 1.27 bits per heavy atom. The van der Waals surface area contributed by atoms with E-state index in [1.165, 1.54) is 0 Å². The molecular formula is C27H32N2O4. The molecule has 2 amide bonds. The SMILES string of the molecule is O=C(N[C@H](c1ccccc1)C1(O)CCC1)C1(C(=O)N[C@H](c2ccccc2)C2(O)CCC2)CC1. The summed E-state index contributed by atoms with van der Waals surface area (Å²) in [4.78, 5) is 26.9. The zero-order chi connectivity index (χ0) is 23.1. The van der Waals surface area contributed by atoms with E-state index in [1.807, 2.05) is 60.7 Å². The zero-order valence-corrected chi connectivity index (χ0v) is 18.8. The molecule has 0 unspecified atom stereocenters. The van der Waals surface area contributed by atoms with Gasteiger partial charge in [0.15, 0.2) is 0 Å². The number of rotatable bonds is 8. The van der Waals surface area contributed by atoms with Gasteiger partial charge in [-0.25, -0.2) is 0 Å². The van der Waals surface area contributed by atoms with Gasteiger partial charge in [0.1, 0.15) is 5.41 Å². The standard InChI is InChI=1S/C27H32N2O4/c30-23(28-21(26(32)13-7-14-26)19-9-3-1-4-10-19)25(17-18-25)24(31)29-22(27(33)15-8-16-27)20-11-5-2-6-12-20/h1-6,9-12,21-22,32-33H,7-8,13-18H2,(H,28,30)(H,29,31)/t21-,22-/m1/s1. The van der Waals surface area contributed by atoms with Gasteiger partial charge < -0.3 is 20.8 Å². The van der Waals surface area contributed by atoms with Gasteiger partial charge in [0.2, 0.25) is 11.8 Å². The number of nitrogens with one attached hydrogen (secondary N) is 2. The molecule has 0 heterocycles. The fourth-order valence-corrected chi connectivity index (χ4v) is 5.22. The van der Waals surface area contributed by atoms with Crippen molar-refractivity contribution in [2.24, 2.45) is 5.41 Å². The van der Waals surface area contributed by atoms with Crippen molar-refractivity contribution in [3.05, 3.63) is 71.8 Å². The second-order valence-corrected chi connectivity index (χ2v) is 10.1. The van der Waals surface area contributed by atoms with Crippen LogP contribution in [0, 0.1) is 5.41 Å². The van der Waals surface area contributed by atoms with Crippen LogP contribution >= 0.6 is 0 Å². The van der Waals surface area contributed by atoms with E-state index in [1.54, 1.807) is 0 Å². The second kappa shape index (κ2) is 8.26. The average molecular weight is 449 g/mol. The van der Waals surface area contributed by atoms with Crippen molar-refractivity contribution < 1.29 is 19.8 Å². The summed E-state index contributed by atoms with van der Waals surface area (Å²) in [6.07, 6.45) is 5.24. The molecule has 33 heavy (non-hydrogen) atoms. The Kier molecular flexibility index (Phi) is 5.53. The molecule has 3 aliphatic carbocycles. The Hall–Kier alpha value is -2.70. The van der Waals surface area contributed by atoms with Gasteiger partial charge in [0.25, 0.3) is 0 Å². The van der Waals surface area contributed by atoms with E-state index in [2.05, 4.69) is 10.6 Å². The maximum atomic E-state index is 13.4. The average Bonchev–Trinajstić information content (AvgIpc) is 3.61. The number of hydrogen-bond donors (Lipinski definition) is 4. The number of amides is 2. The molecule has 3 aliphatic rings. The highest BCUT2D eigenvalue weighted by atomic mass is 16.3. The maximum absolute atomic E-state index is 13.4. The number of carbonyl (C=O) groups is 2. The van der Waals surface area contributed by atoms with E-state index in [4.69, 9.17) is 0 Å². The zero-order valence-electron chi connectivity index (χ0n) is 18.8. The minimum atomic E-state index is -1.15. The summed E-state index contributed by atoms with van der Waals surface area (Å²) < 4.78 is 0. The Labute approximate surface area is 194 Å². The predicted molar refractivity (Wildman–Crippen MR) is 124 cm³/mol. The third kappa shape index (κ3) is 3.96. The van der Waals surface area contributed by atoms with Crippen molar-refractivity contribution in [1.82, 2.24) is 10.6 Å². The van der Waals surface area contributed by atoms with Crippen molar-refractivity contribution in [1.29, 1.82) is 0 Å². The molecule has 0 saturated heterocycles. The van der Waals surface area contributed by atoms with E-state index < -0.39 is 28.7 Å². The predicted octanol–water partition coefficient (Wildman–Crippen LogP) is 3.31. The molecule has 3 saturated carbocycles. The molecule has 2 aromatic rings. The highest BCUT2D eigenvalue weighted by Gasteiger charge is 2.59. The molecule has 2 aromatic carbocycles. The fraction of sp³-hybridized carbons (Fsp3) is 0.481. The molecule has 0 spiro atoms. The van der Waals surface area contributed by atoms with Gasteiger partial charge in [0.05, 0.1) is 23.3 Å². The van der Waals surface area contributed by atoms with Crippen LogP contribution in [-0.2, 0) is 9.59 Å². The van der Waals surface area contributed by atoms with Crippen LogP contribution < -0.4 is 10.6 Å². The molecule has 3 fully saturated rings. The van der Waals surface area contributed by atoms with Crippen LogP contribution in [0.1, 0.15) is 74.6 Å². The van der Waals surface area contributed by atoms with E-state index in [0.717, 1.165) is 24.0 Å². The summed E-state index contributed by atoms with van der Waals surface area (Å²) in [6.45, 7) is 0. The summed E-state index contributed by atoms with van der Waals surface area (Å²) in [5.74, 6) is -0.692. The van der Waals surface area contributed by atoms with Crippen molar-refractivity contribution >= 4 is 11.8 Å². The second-order valence-electron chi connectivity index (χ2n) is 10.1. The first-order valence-corrected chi connectivity index (χ1v) is 12.0. The van der Waals surface area contributed by atoms with Crippen molar-refractivity contribution in [2.45, 2.75) is 74.7 Å². The molecule has 174 valence electrons. The lowest BCUT2D eigenvalue weighted by atomic mass is 9.72. The lowest BCUT2D eigenvalue weighted by Crippen LogP contribution is -2.56. The van der Waals surface area contributed by atoms with E-state index in [-0.39, 0.29) is 11.8 Å². The summed E-state index contributed by atoms with van der Waals surface area (Å²) in [5, 5.41) is 28.2. The quantitative estimate of drug-likeness (QED) is 0.466. The Balaban J connectivity index is 1.35. The van der Waals surface area contributed by atoms with Crippen LogP contribution in [0.5, 0.6) is 0 Å². The lowest BCUT2D eigenvalue weighted by molar-refractivity contribution is -0.143. The molecular weight excluding hydrogens is 416 g/mol. The first kappa shape index (κ1) is 22.1. The van der Waals surface area contributed by atoms with Crippen molar-refractivity contribution in [3.8, 4) is 0 Å².